The number of phosphoric ester groups is 2. The van der Waals surface area contributed by atoms with E-state index in [1.807, 2.05) is 0 Å². The van der Waals surface area contributed by atoms with Crippen LogP contribution in [0.3, 0.4) is 0 Å². The molecule has 2 unspecified atom stereocenters. The summed E-state index contributed by atoms with van der Waals surface area (Å²) in [4.78, 5) is 43.5. The zero-order chi connectivity index (χ0) is 32.8. The maximum absolute atomic E-state index is 12.5. The third-order valence-corrected chi connectivity index (χ3v) is 9.96. The summed E-state index contributed by atoms with van der Waals surface area (Å²) >= 11 is 3.18. The second kappa shape index (κ2) is 12.9. The van der Waals surface area contributed by atoms with E-state index in [0.29, 0.717) is 0 Å². The van der Waals surface area contributed by atoms with Crippen LogP contribution in [0.5, 0.6) is 0 Å². The third kappa shape index (κ3) is 7.09. The van der Waals surface area contributed by atoms with E-state index in [4.69, 9.17) is 30.0 Å². The molecule has 21 nitrogen and oxygen atoms in total. The van der Waals surface area contributed by atoms with E-state index < -0.39 is 83.8 Å². The van der Waals surface area contributed by atoms with Crippen molar-refractivity contribution >= 4 is 54.5 Å². The van der Waals surface area contributed by atoms with Crippen LogP contribution < -0.4 is 16.0 Å². The van der Waals surface area contributed by atoms with Gasteiger partial charge in [-0.1, -0.05) is 0 Å². The predicted molar refractivity (Wildman–Crippen MR) is 147 cm³/mol. The van der Waals surface area contributed by atoms with Gasteiger partial charge in [-0.15, -0.1) is 0 Å². The van der Waals surface area contributed by atoms with Gasteiger partial charge in [0.05, 0.1) is 13.2 Å². The van der Waals surface area contributed by atoms with Gasteiger partial charge in [-0.3, -0.25) is 18.4 Å². The zero-order valence-electron chi connectivity index (χ0n) is 22.5. The summed E-state index contributed by atoms with van der Waals surface area (Å²) in [5, 5.41) is 41.8. The van der Waals surface area contributed by atoms with Crippen molar-refractivity contribution in [1.82, 2.24) is 19.5 Å². The van der Waals surface area contributed by atoms with E-state index in [1.54, 1.807) is 0 Å². The maximum atomic E-state index is 12.5. The van der Waals surface area contributed by atoms with Gasteiger partial charge in [0.1, 0.15) is 42.4 Å². The van der Waals surface area contributed by atoms with Crippen molar-refractivity contribution in [2.75, 3.05) is 18.9 Å². The van der Waals surface area contributed by atoms with E-state index >= 15 is 0 Å². The molecule has 2 aliphatic heterocycles. The summed E-state index contributed by atoms with van der Waals surface area (Å²) in [5.74, 6) is -0.739. The van der Waals surface area contributed by atoms with Crippen LogP contribution in [0.4, 0.5) is 5.82 Å². The smallest absolute Gasteiger partial charge is 0.387 e. The lowest BCUT2D eigenvalue weighted by molar-refractivity contribution is -0.765. The molecular formula is C21H27BrN7O14P2+. The van der Waals surface area contributed by atoms with Gasteiger partial charge in [-0.25, -0.2) is 24.1 Å². The second-order valence-corrected chi connectivity index (χ2v) is 13.5. The number of anilines is 1. The number of halogens is 1. The molecule has 2 saturated heterocycles. The first-order chi connectivity index (χ1) is 21.1. The Hall–Kier alpha value is -2.53. The molecule has 2 fully saturated rings. The maximum Gasteiger partial charge on any atom is 0.481 e. The van der Waals surface area contributed by atoms with Crippen molar-refractivity contribution in [3.63, 3.8) is 0 Å². The number of rotatable bonds is 11. The number of nitrogen functional groups attached to an aromatic ring is 1. The number of amides is 1. The first-order valence-corrected chi connectivity index (χ1v) is 16.5. The van der Waals surface area contributed by atoms with Crippen LogP contribution in [0.25, 0.3) is 11.2 Å². The number of fused-ring (bicyclic) bond motifs is 1. The summed E-state index contributed by atoms with van der Waals surface area (Å²) in [6.07, 6.45) is -8.24. The van der Waals surface area contributed by atoms with Crippen LogP contribution >= 0.6 is 31.6 Å². The first-order valence-electron chi connectivity index (χ1n) is 12.7. The highest BCUT2D eigenvalue weighted by Crippen LogP contribution is 2.60. The predicted octanol–water partition coefficient (Wildman–Crippen LogP) is -2.25. The number of ether oxygens (including phenoxy) is 2. The Bertz CT molecular complexity index is 1680. The first kappa shape index (κ1) is 33.8. The minimum Gasteiger partial charge on any atom is -0.387 e. The lowest BCUT2D eigenvalue weighted by atomic mass is 10.1. The minimum atomic E-state index is -5.39. The summed E-state index contributed by atoms with van der Waals surface area (Å²) in [7, 11) is -10.8. The zero-order valence-corrected chi connectivity index (χ0v) is 25.9. The molecule has 0 aliphatic carbocycles. The Labute approximate surface area is 260 Å². The summed E-state index contributed by atoms with van der Waals surface area (Å²) < 4.78 is 52.3. The molecule has 10 N–H and O–H groups in total. The third-order valence-electron chi connectivity index (χ3n) is 6.80. The molecule has 0 saturated carbocycles. The van der Waals surface area contributed by atoms with Gasteiger partial charge in [0, 0.05) is 6.07 Å². The number of aliphatic hydroxyl groups is 4. The molecule has 246 valence electrons. The lowest BCUT2D eigenvalue weighted by Gasteiger charge is -2.20. The van der Waals surface area contributed by atoms with Gasteiger partial charge in [0.2, 0.25) is 0 Å². The number of phosphoric acid groups is 2. The molecule has 0 spiro atoms. The Morgan fingerprint density at radius 2 is 1.64 bits per heavy atom. The molecule has 5 heterocycles. The van der Waals surface area contributed by atoms with Crippen molar-refractivity contribution in [2.24, 2.45) is 5.73 Å². The Morgan fingerprint density at radius 1 is 1.02 bits per heavy atom. The monoisotopic (exact) mass is 742 g/mol. The van der Waals surface area contributed by atoms with Gasteiger partial charge < -0.3 is 51.2 Å². The number of nitrogens with zero attached hydrogens (tertiary/aromatic N) is 5. The van der Waals surface area contributed by atoms with E-state index in [2.05, 4.69) is 35.2 Å². The number of carbonyl (C=O) groups excluding carboxylic acids is 1. The molecule has 0 aromatic carbocycles. The number of primary amides is 1. The van der Waals surface area contributed by atoms with Crippen LogP contribution in [0.1, 0.15) is 22.8 Å². The summed E-state index contributed by atoms with van der Waals surface area (Å²) in [6, 6.07) is 2.83. The molecule has 24 heteroatoms. The molecule has 45 heavy (non-hydrogen) atoms. The SMILES string of the molecule is NC(=O)c1ccc[n+]([C@@H]2O[C@H](COP(=O)(O)OP(=O)(O)OC[C@H]3O[C@@H](n4c(Br)nc5c(N)ncnc54)[C@H](O)[C@@H]3O)[C@@H](O)[C@H]2O)c1. The second-order valence-electron chi connectivity index (χ2n) is 9.79. The molecule has 3 aromatic rings. The van der Waals surface area contributed by atoms with Crippen LogP contribution in [0.2, 0.25) is 0 Å². The Morgan fingerprint density at radius 3 is 2.29 bits per heavy atom. The topological polar surface area (TPSA) is 318 Å². The van der Waals surface area contributed by atoms with Gasteiger partial charge >= 0.3 is 15.6 Å². The quantitative estimate of drug-likeness (QED) is 0.0584. The lowest BCUT2D eigenvalue weighted by Crippen LogP contribution is -2.46. The van der Waals surface area contributed by atoms with Crippen LogP contribution in [0.15, 0.2) is 35.6 Å². The van der Waals surface area contributed by atoms with E-state index in [9.17, 15) is 44.1 Å². The minimum absolute atomic E-state index is 0.0280. The molecule has 5 rings (SSSR count). The van der Waals surface area contributed by atoms with Crippen molar-refractivity contribution in [2.45, 2.75) is 49.1 Å². The van der Waals surface area contributed by atoms with Crippen molar-refractivity contribution < 1.29 is 71.5 Å². The van der Waals surface area contributed by atoms with Gasteiger partial charge in [-0.2, -0.15) is 8.88 Å². The average molecular weight is 743 g/mol. The summed E-state index contributed by atoms with van der Waals surface area (Å²) in [5.41, 5.74) is 11.4. The number of hydrogen-bond acceptors (Lipinski definition) is 16. The number of hydrogen-bond donors (Lipinski definition) is 8. The fourth-order valence-corrected chi connectivity index (χ4v) is 7.27. The highest BCUT2D eigenvalue weighted by atomic mass is 79.9. The van der Waals surface area contributed by atoms with Gasteiger partial charge in [0.25, 0.3) is 12.1 Å². The largest absolute Gasteiger partial charge is 0.481 e. The number of aliphatic hydroxyl groups excluding tert-OH is 4. The van der Waals surface area contributed by atoms with Crippen LogP contribution in [0, 0.1) is 0 Å². The Kier molecular flexibility index (Phi) is 9.72. The number of pyridine rings is 1. The Balaban J connectivity index is 1.17. The molecule has 2 aliphatic rings. The van der Waals surface area contributed by atoms with Crippen molar-refractivity contribution in [1.29, 1.82) is 0 Å². The molecular weight excluding hydrogens is 716 g/mol. The van der Waals surface area contributed by atoms with Crippen LogP contribution in [-0.4, -0.2) is 105 Å². The van der Waals surface area contributed by atoms with Crippen molar-refractivity contribution in [3.05, 3.63) is 41.2 Å². The highest BCUT2D eigenvalue weighted by Gasteiger charge is 2.50. The number of imidazole rings is 1. The van der Waals surface area contributed by atoms with E-state index in [-0.39, 0.29) is 27.3 Å². The van der Waals surface area contributed by atoms with E-state index in [1.165, 1.54) is 33.7 Å². The molecule has 0 radical (unpaired) electrons. The number of aromatic nitrogens is 5. The standard InChI is InChI=1S/C21H26BrN7O14P2/c22-21-27-11-16(23)25-7-26-18(11)29(21)20-15(33)13(31)10(42-20)6-40-45(37,38)43-44(35,36)39-5-9-12(30)14(32)19(41-9)28-3-1-2-8(4-28)17(24)34/h1-4,7,9-10,12-15,19-20,30-33H,5-6H2,(H5-,23,24,25,26,34,35,36,37,38)/p+1/t9-,10-,12-,13-,14-,15-,19-,20-/m1/s1. The van der Waals surface area contributed by atoms with Gasteiger partial charge in [-0.05, 0) is 22.0 Å². The van der Waals surface area contributed by atoms with Gasteiger partial charge in [0.15, 0.2) is 46.4 Å². The average Bonchev–Trinajstić information content (AvgIpc) is 3.56. The fourth-order valence-electron chi connectivity index (χ4n) is 4.63. The molecule has 3 aromatic heterocycles. The van der Waals surface area contributed by atoms with Crippen LogP contribution in [-0.2, 0) is 32.0 Å². The highest BCUT2D eigenvalue weighted by molar-refractivity contribution is 9.10. The number of carbonyl (C=O) groups is 1. The fraction of sp³-hybridized carbons (Fsp3) is 0.476. The molecule has 0 bridgehead atoms. The molecule has 10 atom stereocenters. The summed E-state index contributed by atoms with van der Waals surface area (Å²) in [6.45, 7) is -1.82. The van der Waals surface area contributed by atoms with E-state index in [0.717, 1.165) is 6.33 Å². The number of nitrogens with two attached hydrogens (primary N) is 2. The van der Waals surface area contributed by atoms with Crippen molar-refractivity contribution in [3.8, 4) is 0 Å². The normalized spacial score (nSPS) is 31.2. The molecule has 1 amide bonds.